The van der Waals surface area contributed by atoms with Crippen LogP contribution in [0.25, 0.3) is 0 Å². The first-order valence-corrected chi connectivity index (χ1v) is 7.72. The van der Waals surface area contributed by atoms with Crippen LogP contribution in [-0.4, -0.2) is 59.6 Å². The largest absolute Gasteiger partial charge is 0.342 e. The van der Waals surface area contributed by atoms with E-state index in [4.69, 9.17) is 0 Å². The number of piperidine rings is 1. The molecule has 1 amide bonds. The highest BCUT2D eigenvalue weighted by molar-refractivity contribution is 5.78. The summed E-state index contributed by atoms with van der Waals surface area (Å²) in [7, 11) is 0. The Morgan fingerprint density at radius 1 is 1.11 bits per heavy atom. The molecule has 0 bridgehead atoms. The standard InChI is InChI=1S/C15H29N3O/c1-12(2)15(19)17-7-5-14(6-8-17)9-16-10-18(11-16)13(3)4/h12-14H,5-11H2,1-4H3. The number of amides is 1. The summed E-state index contributed by atoms with van der Waals surface area (Å²) in [5.74, 6) is 1.26. The second kappa shape index (κ2) is 6.23. The van der Waals surface area contributed by atoms with Crippen molar-refractivity contribution in [2.75, 3.05) is 33.0 Å². The lowest BCUT2D eigenvalue weighted by atomic mass is 9.95. The van der Waals surface area contributed by atoms with Crippen molar-refractivity contribution in [2.24, 2.45) is 11.8 Å². The molecule has 110 valence electrons. The van der Waals surface area contributed by atoms with Gasteiger partial charge in [-0.25, -0.2) is 0 Å². The first-order valence-electron chi connectivity index (χ1n) is 7.72. The predicted molar refractivity (Wildman–Crippen MR) is 77.6 cm³/mol. The van der Waals surface area contributed by atoms with Crippen molar-refractivity contribution in [3.63, 3.8) is 0 Å². The molecule has 2 heterocycles. The maximum absolute atomic E-state index is 11.9. The molecular formula is C15H29N3O. The summed E-state index contributed by atoms with van der Waals surface area (Å²) in [5.41, 5.74) is 0. The van der Waals surface area contributed by atoms with E-state index in [2.05, 4.69) is 28.5 Å². The summed E-state index contributed by atoms with van der Waals surface area (Å²) >= 11 is 0. The summed E-state index contributed by atoms with van der Waals surface area (Å²) in [6, 6.07) is 0.668. The molecule has 0 atom stereocenters. The molecule has 0 aliphatic carbocycles. The van der Waals surface area contributed by atoms with Crippen LogP contribution >= 0.6 is 0 Å². The fraction of sp³-hybridized carbons (Fsp3) is 0.933. The third kappa shape index (κ3) is 3.69. The van der Waals surface area contributed by atoms with Crippen molar-refractivity contribution >= 4 is 5.91 Å². The number of nitrogens with zero attached hydrogens (tertiary/aromatic N) is 3. The number of likely N-dealkylation sites (tertiary alicyclic amines) is 1. The molecule has 0 radical (unpaired) electrons. The van der Waals surface area contributed by atoms with Crippen LogP contribution in [-0.2, 0) is 4.79 Å². The molecule has 0 aromatic rings. The second-order valence-electron chi connectivity index (χ2n) is 6.74. The summed E-state index contributed by atoms with van der Waals surface area (Å²) in [4.78, 5) is 19.0. The van der Waals surface area contributed by atoms with E-state index in [0.29, 0.717) is 11.9 Å². The minimum Gasteiger partial charge on any atom is -0.342 e. The van der Waals surface area contributed by atoms with Crippen LogP contribution in [0, 0.1) is 11.8 Å². The predicted octanol–water partition coefficient (Wildman–Crippen LogP) is 1.82. The lowest BCUT2D eigenvalue weighted by molar-refractivity contribution is -0.136. The zero-order valence-electron chi connectivity index (χ0n) is 12.9. The van der Waals surface area contributed by atoms with Gasteiger partial charge in [0, 0.05) is 31.6 Å². The average molecular weight is 267 g/mol. The van der Waals surface area contributed by atoms with E-state index < -0.39 is 0 Å². The van der Waals surface area contributed by atoms with Crippen molar-refractivity contribution < 1.29 is 4.79 Å². The Hall–Kier alpha value is -0.610. The van der Waals surface area contributed by atoms with Crippen molar-refractivity contribution in [3.05, 3.63) is 0 Å². The van der Waals surface area contributed by atoms with Gasteiger partial charge >= 0.3 is 0 Å². The van der Waals surface area contributed by atoms with Crippen LogP contribution in [0.4, 0.5) is 0 Å². The molecule has 0 unspecified atom stereocenters. The van der Waals surface area contributed by atoms with Gasteiger partial charge in [-0.3, -0.25) is 14.6 Å². The summed E-state index contributed by atoms with van der Waals surface area (Å²) in [5, 5.41) is 0. The van der Waals surface area contributed by atoms with Gasteiger partial charge in [0.2, 0.25) is 5.91 Å². The van der Waals surface area contributed by atoms with Gasteiger partial charge in [0.15, 0.2) is 0 Å². The van der Waals surface area contributed by atoms with Gasteiger partial charge in [-0.05, 0) is 32.6 Å². The molecule has 2 fully saturated rings. The highest BCUT2D eigenvalue weighted by atomic mass is 16.2. The second-order valence-corrected chi connectivity index (χ2v) is 6.74. The maximum atomic E-state index is 11.9. The smallest absolute Gasteiger partial charge is 0.225 e. The molecule has 0 spiro atoms. The topological polar surface area (TPSA) is 26.8 Å². The third-order valence-corrected chi connectivity index (χ3v) is 4.43. The maximum Gasteiger partial charge on any atom is 0.225 e. The van der Waals surface area contributed by atoms with Crippen molar-refractivity contribution in [1.29, 1.82) is 0 Å². The van der Waals surface area contributed by atoms with Gasteiger partial charge in [0.25, 0.3) is 0 Å². The van der Waals surface area contributed by atoms with Crippen LogP contribution in [0.2, 0.25) is 0 Å². The van der Waals surface area contributed by atoms with E-state index in [0.717, 1.165) is 32.3 Å². The number of carbonyl (C=O) groups is 1. The monoisotopic (exact) mass is 267 g/mol. The third-order valence-electron chi connectivity index (χ3n) is 4.43. The van der Waals surface area contributed by atoms with Gasteiger partial charge in [-0.1, -0.05) is 13.8 Å². The molecule has 4 heteroatoms. The molecule has 0 saturated carbocycles. The van der Waals surface area contributed by atoms with E-state index in [1.165, 1.54) is 19.4 Å². The van der Waals surface area contributed by atoms with E-state index in [-0.39, 0.29) is 5.92 Å². The van der Waals surface area contributed by atoms with Gasteiger partial charge in [-0.2, -0.15) is 0 Å². The van der Waals surface area contributed by atoms with Crippen molar-refractivity contribution in [2.45, 2.75) is 46.6 Å². The first kappa shape index (κ1) is 14.8. The lowest BCUT2D eigenvalue weighted by Crippen LogP contribution is -2.59. The lowest BCUT2D eigenvalue weighted by Gasteiger charge is -2.47. The molecule has 2 aliphatic rings. The van der Waals surface area contributed by atoms with Gasteiger partial charge < -0.3 is 4.90 Å². The van der Waals surface area contributed by atoms with Crippen LogP contribution in [0.5, 0.6) is 0 Å². The Kier molecular flexibility index (Phi) is 4.85. The molecule has 2 rings (SSSR count). The van der Waals surface area contributed by atoms with Crippen LogP contribution in [0.15, 0.2) is 0 Å². The van der Waals surface area contributed by atoms with E-state index in [1.54, 1.807) is 0 Å². The molecule has 4 nitrogen and oxygen atoms in total. The Morgan fingerprint density at radius 2 is 1.68 bits per heavy atom. The number of carbonyl (C=O) groups excluding carboxylic acids is 1. The number of rotatable bonds is 4. The van der Waals surface area contributed by atoms with Crippen molar-refractivity contribution in [1.82, 2.24) is 14.7 Å². The zero-order valence-corrected chi connectivity index (χ0v) is 12.9. The average Bonchev–Trinajstić information content (AvgIpc) is 2.32. The van der Waals surface area contributed by atoms with Crippen LogP contribution in [0.3, 0.4) is 0 Å². The minimum atomic E-state index is 0.145. The Morgan fingerprint density at radius 3 is 2.16 bits per heavy atom. The molecule has 2 aliphatic heterocycles. The van der Waals surface area contributed by atoms with Gasteiger partial charge in [0.1, 0.15) is 0 Å². The number of hydrogen-bond acceptors (Lipinski definition) is 3. The normalized spacial score (nSPS) is 23.2. The number of hydrogen-bond donors (Lipinski definition) is 0. The Balaban J connectivity index is 1.66. The highest BCUT2D eigenvalue weighted by Gasteiger charge is 2.30. The van der Waals surface area contributed by atoms with Gasteiger partial charge in [-0.15, -0.1) is 0 Å². The summed E-state index contributed by atoms with van der Waals surface area (Å²) in [6.45, 7) is 13.9. The fourth-order valence-electron chi connectivity index (χ4n) is 2.98. The SMILES string of the molecule is CC(C)C(=O)N1CCC(CN2CN(C(C)C)C2)CC1. The van der Waals surface area contributed by atoms with Gasteiger partial charge in [0.05, 0.1) is 13.3 Å². The highest BCUT2D eigenvalue weighted by Crippen LogP contribution is 2.22. The molecule has 0 aromatic heterocycles. The van der Waals surface area contributed by atoms with E-state index >= 15 is 0 Å². The quantitative estimate of drug-likeness (QED) is 0.777. The zero-order chi connectivity index (χ0) is 14.0. The minimum absolute atomic E-state index is 0.145. The summed E-state index contributed by atoms with van der Waals surface area (Å²) in [6.07, 6.45) is 2.35. The van der Waals surface area contributed by atoms with Crippen molar-refractivity contribution in [3.8, 4) is 0 Å². The molecular weight excluding hydrogens is 238 g/mol. The van der Waals surface area contributed by atoms with E-state index in [9.17, 15) is 4.79 Å². The van der Waals surface area contributed by atoms with Crippen LogP contribution < -0.4 is 0 Å². The molecule has 19 heavy (non-hydrogen) atoms. The first-order chi connectivity index (χ1) is 8.97. The molecule has 2 saturated heterocycles. The summed E-state index contributed by atoms with van der Waals surface area (Å²) < 4.78 is 0. The Bertz CT molecular complexity index is 303. The molecule has 0 N–H and O–H groups in total. The molecule has 0 aromatic carbocycles. The Labute approximate surface area is 117 Å². The fourth-order valence-corrected chi connectivity index (χ4v) is 2.98. The van der Waals surface area contributed by atoms with Crippen LogP contribution in [0.1, 0.15) is 40.5 Å². The van der Waals surface area contributed by atoms with E-state index in [1.807, 2.05) is 13.8 Å².